The lowest BCUT2D eigenvalue weighted by Crippen LogP contribution is -2.38. The SMILES string of the molecule is O=C(Cc1nn[nH]n1)NNCc1ccc(Br)cc1. The molecule has 0 fully saturated rings. The fraction of sp³-hybridized carbons (Fsp3) is 0.200. The van der Waals surface area contributed by atoms with Crippen LogP contribution in [0.5, 0.6) is 0 Å². The van der Waals surface area contributed by atoms with Gasteiger partial charge in [0.2, 0.25) is 5.91 Å². The Kier molecular flexibility index (Phi) is 4.37. The normalized spacial score (nSPS) is 10.3. The Morgan fingerprint density at radius 1 is 1.33 bits per heavy atom. The molecule has 0 spiro atoms. The van der Waals surface area contributed by atoms with Crippen LogP contribution in [0.1, 0.15) is 11.4 Å². The van der Waals surface area contributed by atoms with Gasteiger partial charge in [0.25, 0.3) is 0 Å². The van der Waals surface area contributed by atoms with E-state index in [9.17, 15) is 4.79 Å². The Morgan fingerprint density at radius 2 is 2.11 bits per heavy atom. The largest absolute Gasteiger partial charge is 0.291 e. The molecule has 0 aliphatic heterocycles. The molecule has 0 aliphatic carbocycles. The van der Waals surface area contributed by atoms with Gasteiger partial charge in [-0.1, -0.05) is 33.3 Å². The van der Waals surface area contributed by atoms with Gasteiger partial charge in [-0.25, -0.2) is 5.43 Å². The minimum atomic E-state index is -0.214. The summed E-state index contributed by atoms with van der Waals surface area (Å²) in [6.45, 7) is 0.547. The van der Waals surface area contributed by atoms with Crippen LogP contribution in [0.3, 0.4) is 0 Å². The molecule has 1 amide bonds. The highest BCUT2D eigenvalue weighted by molar-refractivity contribution is 9.10. The van der Waals surface area contributed by atoms with E-state index in [0.29, 0.717) is 12.4 Å². The Labute approximate surface area is 111 Å². The average Bonchev–Trinajstić information content (AvgIpc) is 2.84. The zero-order valence-electron chi connectivity index (χ0n) is 9.35. The van der Waals surface area contributed by atoms with Crippen molar-refractivity contribution in [3.05, 3.63) is 40.1 Å². The summed E-state index contributed by atoms with van der Waals surface area (Å²) in [6, 6.07) is 7.81. The van der Waals surface area contributed by atoms with E-state index in [1.54, 1.807) is 0 Å². The predicted molar refractivity (Wildman–Crippen MR) is 67.0 cm³/mol. The van der Waals surface area contributed by atoms with Crippen LogP contribution in [0.25, 0.3) is 0 Å². The molecule has 1 aromatic heterocycles. The third-order valence-corrected chi connectivity index (χ3v) is 2.67. The highest BCUT2D eigenvalue weighted by Crippen LogP contribution is 2.09. The number of aromatic nitrogens is 4. The molecule has 0 saturated heterocycles. The maximum atomic E-state index is 11.5. The van der Waals surface area contributed by atoms with Crippen molar-refractivity contribution in [2.24, 2.45) is 0 Å². The Balaban J connectivity index is 1.72. The summed E-state index contributed by atoms with van der Waals surface area (Å²) in [7, 11) is 0. The summed E-state index contributed by atoms with van der Waals surface area (Å²) < 4.78 is 1.02. The van der Waals surface area contributed by atoms with Crippen molar-refractivity contribution in [2.75, 3.05) is 0 Å². The van der Waals surface area contributed by atoms with Crippen LogP contribution in [0.15, 0.2) is 28.7 Å². The number of benzene rings is 1. The summed E-state index contributed by atoms with van der Waals surface area (Å²) in [6.07, 6.45) is 0.0871. The molecule has 0 aliphatic rings. The number of nitrogens with zero attached hydrogens (tertiary/aromatic N) is 3. The van der Waals surface area contributed by atoms with E-state index in [1.807, 2.05) is 24.3 Å². The Morgan fingerprint density at radius 3 is 2.78 bits per heavy atom. The first-order valence-corrected chi connectivity index (χ1v) is 6.02. The zero-order chi connectivity index (χ0) is 12.8. The standard InChI is InChI=1S/C10H11BrN6O/c11-8-3-1-7(2-4-8)6-12-15-10(18)5-9-13-16-17-14-9/h1-4,12H,5-6H2,(H,15,18)(H,13,14,16,17). The molecule has 18 heavy (non-hydrogen) atoms. The number of hydrogen-bond donors (Lipinski definition) is 3. The van der Waals surface area contributed by atoms with E-state index in [4.69, 9.17) is 0 Å². The molecular formula is C10H11BrN6O. The van der Waals surface area contributed by atoms with Crippen LogP contribution in [0.2, 0.25) is 0 Å². The maximum Gasteiger partial charge on any atom is 0.241 e. The third-order valence-electron chi connectivity index (χ3n) is 2.14. The van der Waals surface area contributed by atoms with Gasteiger partial charge in [0.05, 0.1) is 6.42 Å². The first kappa shape index (κ1) is 12.7. The molecule has 0 radical (unpaired) electrons. The first-order valence-electron chi connectivity index (χ1n) is 5.22. The number of halogens is 1. The van der Waals surface area contributed by atoms with Crippen molar-refractivity contribution < 1.29 is 4.79 Å². The van der Waals surface area contributed by atoms with Gasteiger partial charge in [0.1, 0.15) is 0 Å². The van der Waals surface area contributed by atoms with Gasteiger partial charge in [0, 0.05) is 11.0 Å². The average molecular weight is 311 g/mol. The van der Waals surface area contributed by atoms with Gasteiger partial charge in [-0.2, -0.15) is 5.21 Å². The van der Waals surface area contributed by atoms with Crippen molar-refractivity contribution in [1.29, 1.82) is 0 Å². The highest BCUT2D eigenvalue weighted by atomic mass is 79.9. The summed E-state index contributed by atoms with van der Waals surface area (Å²) in [5, 5.41) is 13.0. The molecule has 3 N–H and O–H groups in total. The number of tetrazole rings is 1. The van der Waals surface area contributed by atoms with Crippen LogP contribution in [0.4, 0.5) is 0 Å². The van der Waals surface area contributed by atoms with Crippen LogP contribution < -0.4 is 10.9 Å². The van der Waals surface area contributed by atoms with Gasteiger partial charge in [-0.15, -0.1) is 10.2 Å². The number of hydrazine groups is 1. The molecule has 0 saturated carbocycles. The quantitative estimate of drug-likeness (QED) is 0.692. The molecule has 7 nitrogen and oxygen atoms in total. The lowest BCUT2D eigenvalue weighted by molar-refractivity contribution is -0.121. The smallest absolute Gasteiger partial charge is 0.241 e. The predicted octanol–water partition coefficient (Wildman–Crippen LogP) is 0.326. The fourth-order valence-corrected chi connectivity index (χ4v) is 1.56. The van der Waals surface area contributed by atoms with E-state index in [-0.39, 0.29) is 12.3 Å². The van der Waals surface area contributed by atoms with Gasteiger partial charge < -0.3 is 0 Å². The van der Waals surface area contributed by atoms with Gasteiger partial charge in [-0.3, -0.25) is 10.2 Å². The molecule has 2 aromatic rings. The molecule has 2 rings (SSSR count). The van der Waals surface area contributed by atoms with E-state index in [1.165, 1.54) is 0 Å². The van der Waals surface area contributed by atoms with E-state index in [2.05, 4.69) is 47.4 Å². The lowest BCUT2D eigenvalue weighted by atomic mass is 10.2. The van der Waals surface area contributed by atoms with E-state index < -0.39 is 0 Å². The molecule has 94 valence electrons. The van der Waals surface area contributed by atoms with Crippen molar-refractivity contribution >= 4 is 21.8 Å². The Bertz CT molecular complexity index is 498. The van der Waals surface area contributed by atoms with Crippen molar-refractivity contribution in [2.45, 2.75) is 13.0 Å². The molecule has 0 atom stereocenters. The minimum absolute atomic E-state index is 0.0871. The van der Waals surface area contributed by atoms with E-state index in [0.717, 1.165) is 10.0 Å². The fourth-order valence-electron chi connectivity index (χ4n) is 1.29. The third kappa shape index (κ3) is 3.90. The monoisotopic (exact) mass is 310 g/mol. The summed E-state index contributed by atoms with van der Waals surface area (Å²) >= 11 is 3.36. The number of rotatable bonds is 5. The summed E-state index contributed by atoms with van der Waals surface area (Å²) in [5.41, 5.74) is 6.46. The minimum Gasteiger partial charge on any atom is -0.291 e. The number of H-pyrrole nitrogens is 1. The number of nitrogens with one attached hydrogen (secondary N) is 3. The van der Waals surface area contributed by atoms with Crippen molar-refractivity contribution in [3.8, 4) is 0 Å². The molecule has 0 bridgehead atoms. The summed E-state index contributed by atoms with van der Waals surface area (Å²) in [4.78, 5) is 11.5. The number of aromatic amines is 1. The topological polar surface area (TPSA) is 95.6 Å². The number of carbonyl (C=O) groups excluding carboxylic acids is 1. The molecule has 0 unspecified atom stereocenters. The van der Waals surface area contributed by atoms with Gasteiger partial charge in [0.15, 0.2) is 5.82 Å². The number of carbonyl (C=O) groups is 1. The second-order valence-electron chi connectivity index (χ2n) is 3.53. The van der Waals surface area contributed by atoms with Crippen LogP contribution in [-0.2, 0) is 17.8 Å². The second-order valence-corrected chi connectivity index (χ2v) is 4.45. The maximum absolute atomic E-state index is 11.5. The number of hydrogen-bond acceptors (Lipinski definition) is 5. The van der Waals surface area contributed by atoms with Crippen LogP contribution >= 0.6 is 15.9 Å². The van der Waals surface area contributed by atoms with Gasteiger partial charge in [-0.05, 0) is 17.7 Å². The number of amides is 1. The van der Waals surface area contributed by atoms with Crippen LogP contribution in [0, 0.1) is 0 Å². The second kappa shape index (κ2) is 6.22. The zero-order valence-corrected chi connectivity index (χ0v) is 10.9. The Hall–Kier alpha value is -1.80. The highest BCUT2D eigenvalue weighted by Gasteiger charge is 2.06. The van der Waals surface area contributed by atoms with E-state index >= 15 is 0 Å². The molecule has 1 heterocycles. The molecule has 8 heteroatoms. The van der Waals surface area contributed by atoms with Crippen molar-refractivity contribution in [1.82, 2.24) is 31.5 Å². The van der Waals surface area contributed by atoms with Crippen molar-refractivity contribution in [3.63, 3.8) is 0 Å². The van der Waals surface area contributed by atoms with Gasteiger partial charge >= 0.3 is 0 Å². The van der Waals surface area contributed by atoms with Crippen LogP contribution in [-0.4, -0.2) is 26.5 Å². The molecular weight excluding hydrogens is 300 g/mol. The lowest BCUT2D eigenvalue weighted by Gasteiger charge is -2.06. The molecule has 1 aromatic carbocycles. The first-order chi connectivity index (χ1) is 8.74. The summed E-state index contributed by atoms with van der Waals surface area (Å²) in [5.74, 6) is 0.145.